The summed E-state index contributed by atoms with van der Waals surface area (Å²) >= 11 is 13.1. The summed E-state index contributed by atoms with van der Waals surface area (Å²) in [5.74, 6) is -0.123. The van der Waals surface area contributed by atoms with Gasteiger partial charge in [0.25, 0.3) is 5.91 Å². The summed E-state index contributed by atoms with van der Waals surface area (Å²) in [7, 11) is 0. The highest BCUT2D eigenvalue weighted by atomic mass is 79.9. The Bertz CT molecular complexity index is 943. The number of thioether (sulfide) groups is 1. The fourth-order valence-electron chi connectivity index (χ4n) is 2.20. The number of hydrogen-bond donors (Lipinski definition) is 1. The largest absolute Gasteiger partial charge is 0.506 e. The van der Waals surface area contributed by atoms with Crippen molar-refractivity contribution in [1.29, 1.82) is 5.26 Å². The molecule has 0 unspecified atom stereocenters. The van der Waals surface area contributed by atoms with E-state index in [2.05, 4.69) is 31.9 Å². The third-order valence-electron chi connectivity index (χ3n) is 3.39. The lowest BCUT2D eigenvalue weighted by Crippen LogP contribution is -2.27. The number of rotatable bonds is 2. The van der Waals surface area contributed by atoms with Crippen LogP contribution in [-0.2, 0) is 4.79 Å². The van der Waals surface area contributed by atoms with Crippen LogP contribution in [0, 0.1) is 11.3 Å². The Hall–Kier alpha value is -1.66. The minimum absolute atomic E-state index is 0.0993. The van der Waals surface area contributed by atoms with Crippen LogP contribution in [0.15, 0.2) is 50.2 Å². The Kier molecular flexibility index (Phi) is 5.29. The van der Waals surface area contributed by atoms with Gasteiger partial charge in [-0.05, 0) is 79.9 Å². The van der Waals surface area contributed by atoms with Gasteiger partial charge in [-0.25, -0.2) is 0 Å². The normalized spacial score (nSPS) is 15.7. The molecular weight excluding hydrogens is 488 g/mol. The number of phenols is 1. The van der Waals surface area contributed by atoms with Crippen LogP contribution in [0.25, 0.3) is 6.08 Å². The van der Waals surface area contributed by atoms with E-state index in [1.165, 1.54) is 16.7 Å². The molecule has 0 radical (unpaired) electrons. The van der Waals surface area contributed by atoms with Crippen molar-refractivity contribution in [1.82, 2.24) is 0 Å². The molecule has 1 fully saturated rings. The van der Waals surface area contributed by atoms with Gasteiger partial charge in [-0.3, -0.25) is 9.69 Å². The summed E-state index contributed by atoms with van der Waals surface area (Å²) in [6.07, 6.45) is 1.72. The number of nitrogens with zero attached hydrogens (tertiary/aromatic N) is 2. The molecule has 8 heteroatoms. The van der Waals surface area contributed by atoms with Crippen molar-refractivity contribution in [3.63, 3.8) is 0 Å². The fourth-order valence-corrected chi connectivity index (χ4v) is 4.72. The maximum Gasteiger partial charge on any atom is 0.270 e. The molecule has 0 spiro atoms. The molecule has 0 bridgehead atoms. The number of nitriles is 1. The lowest BCUT2D eigenvalue weighted by Gasteiger charge is -2.14. The number of carbonyl (C=O) groups excluding carboxylic acids is 1. The zero-order valence-electron chi connectivity index (χ0n) is 12.4. The predicted octanol–water partition coefficient (Wildman–Crippen LogP) is 5.19. The molecule has 2 aromatic rings. The summed E-state index contributed by atoms with van der Waals surface area (Å²) < 4.78 is 1.48. The first-order valence-electron chi connectivity index (χ1n) is 6.87. The second-order valence-corrected chi connectivity index (χ2v) is 8.39. The van der Waals surface area contributed by atoms with Crippen molar-refractivity contribution < 1.29 is 9.90 Å². The molecule has 0 atom stereocenters. The monoisotopic (exact) mass is 494 g/mol. The second-order valence-electron chi connectivity index (χ2n) is 5.01. The molecule has 0 aromatic heterocycles. The van der Waals surface area contributed by atoms with E-state index in [1.807, 2.05) is 6.07 Å². The van der Waals surface area contributed by atoms with Gasteiger partial charge < -0.3 is 5.11 Å². The van der Waals surface area contributed by atoms with Gasteiger partial charge in [-0.15, -0.1) is 0 Å². The Morgan fingerprint density at radius 1 is 1.20 bits per heavy atom. The Morgan fingerprint density at radius 2 is 1.80 bits per heavy atom. The second kappa shape index (κ2) is 7.30. The summed E-state index contributed by atoms with van der Waals surface area (Å²) in [4.78, 5) is 14.7. The minimum atomic E-state index is -0.222. The summed E-state index contributed by atoms with van der Waals surface area (Å²) in [6.45, 7) is 0. The van der Waals surface area contributed by atoms with Crippen LogP contribution in [0.1, 0.15) is 11.1 Å². The lowest BCUT2D eigenvalue weighted by atomic mass is 10.2. The van der Waals surface area contributed by atoms with Gasteiger partial charge in [0.2, 0.25) is 0 Å². The van der Waals surface area contributed by atoms with Gasteiger partial charge in [0, 0.05) is 0 Å². The number of aromatic hydroxyl groups is 1. The number of thiocarbonyl (C=S) groups is 1. The van der Waals surface area contributed by atoms with E-state index in [1.54, 1.807) is 42.5 Å². The number of halogens is 2. The Morgan fingerprint density at radius 3 is 2.36 bits per heavy atom. The first-order chi connectivity index (χ1) is 11.9. The molecule has 1 aliphatic heterocycles. The molecule has 3 rings (SSSR count). The van der Waals surface area contributed by atoms with Crippen LogP contribution in [0.4, 0.5) is 5.69 Å². The highest BCUT2D eigenvalue weighted by Crippen LogP contribution is 2.38. The minimum Gasteiger partial charge on any atom is -0.506 e. The Balaban J connectivity index is 1.94. The molecular formula is C17H8Br2N2O2S2. The fraction of sp³-hybridized carbons (Fsp3) is 0. The topological polar surface area (TPSA) is 64.3 Å². The van der Waals surface area contributed by atoms with Crippen LogP contribution in [0.5, 0.6) is 5.75 Å². The smallest absolute Gasteiger partial charge is 0.270 e. The van der Waals surface area contributed by atoms with Gasteiger partial charge >= 0.3 is 0 Å². The SMILES string of the molecule is N#Cc1ccc(N2C(=O)/C(=C/c3cc(Br)c(O)c(Br)c3)SC2=S)cc1. The number of phenolic OH excluding ortho intramolecular Hbond substituents is 1. The van der Waals surface area contributed by atoms with E-state index < -0.39 is 0 Å². The van der Waals surface area contributed by atoms with Gasteiger partial charge in [-0.2, -0.15) is 5.26 Å². The van der Waals surface area contributed by atoms with E-state index in [9.17, 15) is 9.90 Å². The highest BCUT2D eigenvalue weighted by molar-refractivity contribution is 9.11. The standard InChI is InChI=1S/C17H8Br2N2O2S2/c18-12-5-10(6-13(19)15(12)22)7-14-16(23)21(17(24)25-14)11-3-1-9(8-20)2-4-11/h1-7,22H/b14-7-. The number of carbonyl (C=O) groups is 1. The maximum atomic E-state index is 12.7. The maximum absolute atomic E-state index is 12.7. The van der Waals surface area contributed by atoms with Crippen LogP contribution in [0.3, 0.4) is 0 Å². The van der Waals surface area contributed by atoms with Crippen molar-refractivity contribution in [3.8, 4) is 11.8 Å². The number of amides is 1. The molecule has 25 heavy (non-hydrogen) atoms. The van der Waals surface area contributed by atoms with Crippen LogP contribution in [0.2, 0.25) is 0 Å². The molecule has 1 saturated heterocycles. The molecule has 1 aliphatic rings. The van der Waals surface area contributed by atoms with Crippen molar-refractivity contribution in [2.45, 2.75) is 0 Å². The highest BCUT2D eigenvalue weighted by Gasteiger charge is 2.33. The third kappa shape index (κ3) is 3.65. The van der Waals surface area contributed by atoms with Gasteiger partial charge in [0.15, 0.2) is 4.32 Å². The van der Waals surface area contributed by atoms with Crippen molar-refractivity contribution in [2.75, 3.05) is 4.90 Å². The van der Waals surface area contributed by atoms with Crippen LogP contribution < -0.4 is 4.90 Å². The molecule has 1 heterocycles. The van der Waals surface area contributed by atoms with E-state index in [0.717, 1.165) is 5.56 Å². The first-order valence-corrected chi connectivity index (χ1v) is 9.68. The van der Waals surface area contributed by atoms with E-state index in [4.69, 9.17) is 17.5 Å². The van der Waals surface area contributed by atoms with Gasteiger partial charge in [0.05, 0.1) is 31.2 Å². The van der Waals surface area contributed by atoms with E-state index in [0.29, 0.717) is 29.4 Å². The molecule has 2 aromatic carbocycles. The van der Waals surface area contributed by atoms with Crippen LogP contribution in [-0.4, -0.2) is 15.3 Å². The summed E-state index contributed by atoms with van der Waals surface area (Å²) in [5.41, 5.74) is 1.89. The summed E-state index contributed by atoms with van der Waals surface area (Å²) in [6, 6.07) is 12.2. The molecule has 1 N–H and O–H groups in total. The number of hydrogen-bond acceptors (Lipinski definition) is 5. The average Bonchev–Trinajstić information content (AvgIpc) is 2.86. The predicted molar refractivity (Wildman–Crippen MR) is 110 cm³/mol. The molecule has 1 amide bonds. The van der Waals surface area contributed by atoms with Gasteiger partial charge in [0.1, 0.15) is 5.75 Å². The quantitative estimate of drug-likeness (QED) is 0.458. The van der Waals surface area contributed by atoms with E-state index in [-0.39, 0.29) is 11.7 Å². The first kappa shape index (κ1) is 18.1. The molecule has 124 valence electrons. The average molecular weight is 496 g/mol. The lowest BCUT2D eigenvalue weighted by molar-refractivity contribution is -0.113. The zero-order chi connectivity index (χ0) is 18.1. The van der Waals surface area contributed by atoms with Gasteiger partial charge in [-0.1, -0.05) is 24.0 Å². The molecule has 0 saturated carbocycles. The van der Waals surface area contributed by atoms with Crippen molar-refractivity contribution in [2.24, 2.45) is 0 Å². The zero-order valence-corrected chi connectivity index (χ0v) is 17.2. The molecule has 4 nitrogen and oxygen atoms in total. The number of anilines is 1. The Labute approximate surface area is 170 Å². The molecule has 0 aliphatic carbocycles. The number of benzene rings is 2. The van der Waals surface area contributed by atoms with Crippen LogP contribution >= 0.6 is 55.8 Å². The van der Waals surface area contributed by atoms with Crippen molar-refractivity contribution >= 4 is 77.8 Å². The summed E-state index contributed by atoms with van der Waals surface area (Å²) in [5, 5.41) is 18.7. The van der Waals surface area contributed by atoms with Crippen molar-refractivity contribution in [3.05, 3.63) is 61.4 Å². The third-order valence-corrected chi connectivity index (χ3v) is 5.90. The van der Waals surface area contributed by atoms with E-state index >= 15 is 0 Å².